The van der Waals surface area contributed by atoms with Crippen LogP contribution < -0.4 is 15.4 Å². The van der Waals surface area contributed by atoms with Gasteiger partial charge in [-0.2, -0.15) is 0 Å². The van der Waals surface area contributed by atoms with Gasteiger partial charge in [0, 0.05) is 11.3 Å². The van der Waals surface area contributed by atoms with Crippen LogP contribution in [0, 0.1) is 0 Å². The first-order valence-corrected chi connectivity index (χ1v) is 10.00. The average molecular weight is 415 g/mol. The van der Waals surface area contributed by atoms with Crippen molar-refractivity contribution in [2.24, 2.45) is 0 Å². The maximum Gasteiger partial charge on any atom is 0.338 e. The minimum Gasteiger partial charge on any atom is -0.491 e. The van der Waals surface area contributed by atoms with Crippen molar-refractivity contribution in [3.8, 4) is 5.75 Å². The molecule has 154 valence electrons. The molecule has 0 aliphatic carbocycles. The lowest BCUT2D eigenvalue weighted by Crippen LogP contribution is -2.34. The normalized spacial score (nSPS) is 11.3. The lowest BCUT2D eigenvalue weighted by Gasteiger charge is -2.13. The van der Waals surface area contributed by atoms with Crippen LogP contribution in [0.1, 0.15) is 54.3 Å². The van der Waals surface area contributed by atoms with Crippen LogP contribution >= 0.6 is 12.2 Å². The van der Waals surface area contributed by atoms with Crippen molar-refractivity contribution >= 4 is 34.9 Å². The Hall–Kier alpha value is -2.93. The Morgan fingerprint density at radius 2 is 1.62 bits per heavy atom. The molecule has 0 aliphatic rings. The Kier molecular flexibility index (Phi) is 8.61. The third kappa shape index (κ3) is 7.19. The van der Waals surface area contributed by atoms with Crippen LogP contribution in [0.5, 0.6) is 5.75 Å². The number of anilines is 1. The van der Waals surface area contributed by atoms with Crippen molar-refractivity contribution in [2.45, 2.75) is 39.7 Å². The molecule has 7 heteroatoms. The zero-order valence-corrected chi connectivity index (χ0v) is 17.7. The van der Waals surface area contributed by atoms with E-state index in [2.05, 4.69) is 10.6 Å². The Morgan fingerprint density at radius 1 is 1.00 bits per heavy atom. The van der Waals surface area contributed by atoms with E-state index in [-0.39, 0.29) is 23.1 Å². The number of benzene rings is 2. The summed E-state index contributed by atoms with van der Waals surface area (Å²) in [6.07, 6.45) is 1.79. The summed E-state index contributed by atoms with van der Waals surface area (Å²) in [7, 11) is 0. The van der Waals surface area contributed by atoms with E-state index in [1.807, 2.05) is 20.8 Å². The fraction of sp³-hybridized carbons (Fsp3) is 0.318. The molecule has 1 unspecified atom stereocenters. The van der Waals surface area contributed by atoms with Crippen molar-refractivity contribution < 1.29 is 19.1 Å². The van der Waals surface area contributed by atoms with E-state index in [4.69, 9.17) is 21.7 Å². The number of thiocarbonyl (C=S) groups is 1. The fourth-order valence-corrected chi connectivity index (χ4v) is 2.52. The van der Waals surface area contributed by atoms with Crippen LogP contribution in [-0.2, 0) is 4.74 Å². The van der Waals surface area contributed by atoms with Gasteiger partial charge in [0.25, 0.3) is 5.91 Å². The molecule has 0 fully saturated rings. The highest BCUT2D eigenvalue weighted by molar-refractivity contribution is 7.80. The van der Waals surface area contributed by atoms with Crippen molar-refractivity contribution in [1.29, 1.82) is 0 Å². The minimum atomic E-state index is -0.366. The van der Waals surface area contributed by atoms with Gasteiger partial charge in [-0.05, 0) is 80.5 Å². The zero-order valence-electron chi connectivity index (χ0n) is 16.9. The monoisotopic (exact) mass is 414 g/mol. The van der Waals surface area contributed by atoms with Crippen LogP contribution in [-0.4, -0.2) is 29.7 Å². The molecule has 2 N–H and O–H groups in total. The molecule has 2 aromatic carbocycles. The molecule has 0 radical (unpaired) electrons. The average Bonchev–Trinajstić information content (AvgIpc) is 2.72. The molecule has 0 saturated carbocycles. The summed E-state index contributed by atoms with van der Waals surface area (Å²) < 4.78 is 10.8. The topological polar surface area (TPSA) is 76.7 Å². The van der Waals surface area contributed by atoms with Gasteiger partial charge in [-0.25, -0.2) is 4.79 Å². The Balaban J connectivity index is 1.88. The third-order valence-electron chi connectivity index (χ3n) is 4.07. The predicted molar refractivity (Wildman–Crippen MR) is 118 cm³/mol. The maximum atomic E-state index is 12.3. The second-order valence-electron chi connectivity index (χ2n) is 6.48. The minimum absolute atomic E-state index is 0.117. The van der Waals surface area contributed by atoms with E-state index in [1.54, 1.807) is 48.5 Å². The molecule has 0 bridgehead atoms. The molecular formula is C22H26N2O4S. The summed E-state index contributed by atoms with van der Waals surface area (Å²) in [5.74, 6) is 0.0292. The SMILES string of the molecule is CCCOC(=O)c1ccc(NC(=S)NC(=O)c2ccc(OC(C)CC)cc2)cc1. The van der Waals surface area contributed by atoms with Gasteiger partial charge in [0.1, 0.15) is 5.75 Å². The Morgan fingerprint density at radius 3 is 2.21 bits per heavy atom. The van der Waals surface area contributed by atoms with Crippen LogP contribution in [0.25, 0.3) is 0 Å². The number of rotatable bonds is 8. The molecule has 2 aromatic rings. The van der Waals surface area contributed by atoms with E-state index in [1.165, 1.54) is 0 Å². The van der Waals surface area contributed by atoms with Gasteiger partial charge in [0.05, 0.1) is 18.3 Å². The first kappa shape index (κ1) is 22.4. The van der Waals surface area contributed by atoms with Gasteiger partial charge in [-0.3, -0.25) is 10.1 Å². The van der Waals surface area contributed by atoms with E-state index in [0.717, 1.165) is 12.8 Å². The smallest absolute Gasteiger partial charge is 0.338 e. The first-order valence-electron chi connectivity index (χ1n) is 9.59. The highest BCUT2D eigenvalue weighted by Gasteiger charge is 2.10. The van der Waals surface area contributed by atoms with Crippen LogP contribution in [0.4, 0.5) is 5.69 Å². The van der Waals surface area contributed by atoms with Gasteiger partial charge in [0.2, 0.25) is 0 Å². The number of carbonyl (C=O) groups excluding carboxylic acids is 2. The van der Waals surface area contributed by atoms with E-state index < -0.39 is 0 Å². The highest BCUT2D eigenvalue weighted by Crippen LogP contribution is 2.15. The van der Waals surface area contributed by atoms with Gasteiger partial charge < -0.3 is 14.8 Å². The fourth-order valence-electron chi connectivity index (χ4n) is 2.31. The van der Waals surface area contributed by atoms with Gasteiger partial charge in [-0.15, -0.1) is 0 Å². The number of hydrogen-bond acceptors (Lipinski definition) is 5. The quantitative estimate of drug-likeness (QED) is 0.487. The number of esters is 1. The molecule has 0 heterocycles. The lowest BCUT2D eigenvalue weighted by atomic mass is 10.2. The van der Waals surface area contributed by atoms with E-state index in [9.17, 15) is 9.59 Å². The van der Waals surface area contributed by atoms with Crippen LogP contribution in [0.3, 0.4) is 0 Å². The van der Waals surface area contributed by atoms with Crippen molar-refractivity contribution in [1.82, 2.24) is 5.32 Å². The number of carbonyl (C=O) groups is 2. The molecule has 1 atom stereocenters. The largest absolute Gasteiger partial charge is 0.491 e. The molecule has 6 nitrogen and oxygen atoms in total. The molecule has 29 heavy (non-hydrogen) atoms. The molecule has 2 rings (SSSR count). The summed E-state index contributed by atoms with van der Waals surface area (Å²) >= 11 is 5.19. The lowest BCUT2D eigenvalue weighted by molar-refractivity contribution is 0.0505. The van der Waals surface area contributed by atoms with Crippen LogP contribution in [0.2, 0.25) is 0 Å². The van der Waals surface area contributed by atoms with E-state index >= 15 is 0 Å². The summed E-state index contributed by atoms with van der Waals surface area (Å²) in [5.41, 5.74) is 1.58. The number of amides is 1. The molecule has 0 aromatic heterocycles. The van der Waals surface area contributed by atoms with Crippen molar-refractivity contribution in [3.05, 3.63) is 59.7 Å². The Labute approximate surface area is 176 Å². The van der Waals surface area contributed by atoms with Gasteiger partial charge in [-0.1, -0.05) is 13.8 Å². The molecule has 0 aliphatic heterocycles. The number of ether oxygens (including phenoxy) is 2. The summed E-state index contributed by atoms with van der Waals surface area (Å²) in [6, 6.07) is 13.6. The molecule has 0 spiro atoms. The highest BCUT2D eigenvalue weighted by atomic mass is 32.1. The van der Waals surface area contributed by atoms with Crippen LogP contribution in [0.15, 0.2) is 48.5 Å². The number of hydrogen-bond donors (Lipinski definition) is 2. The van der Waals surface area contributed by atoms with E-state index in [0.29, 0.717) is 29.2 Å². The summed E-state index contributed by atoms with van der Waals surface area (Å²) in [4.78, 5) is 24.1. The molecular weight excluding hydrogens is 388 g/mol. The molecule has 1 amide bonds. The molecule has 0 saturated heterocycles. The van der Waals surface area contributed by atoms with Crippen molar-refractivity contribution in [3.63, 3.8) is 0 Å². The second-order valence-corrected chi connectivity index (χ2v) is 6.89. The second kappa shape index (κ2) is 11.2. The first-order chi connectivity index (χ1) is 13.9. The standard InChI is InChI=1S/C22H26N2O4S/c1-4-14-27-21(26)17-6-10-18(11-7-17)23-22(29)24-20(25)16-8-12-19(13-9-16)28-15(3)5-2/h6-13,15H,4-5,14H2,1-3H3,(H2,23,24,25,29). The van der Waals surface area contributed by atoms with Gasteiger partial charge in [0.15, 0.2) is 5.11 Å². The summed E-state index contributed by atoms with van der Waals surface area (Å²) in [6.45, 7) is 6.36. The zero-order chi connectivity index (χ0) is 21.2. The maximum absolute atomic E-state index is 12.3. The Bertz CT molecular complexity index is 835. The van der Waals surface area contributed by atoms with Gasteiger partial charge >= 0.3 is 5.97 Å². The predicted octanol–water partition coefficient (Wildman–Crippen LogP) is 4.56. The third-order valence-corrected chi connectivity index (χ3v) is 4.28. The summed E-state index contributed by atoms with van der Waals surface area (Å²) in [5, 5.41) is 5.71. The number of nitrogens with one attached hydrogen (secondary N) is 2. The van der Waals surface area contributed by atoms with Crippen molar-refractivity contribution in [2.75, 3.05) is 11.9 Å².